The van der Waals surface area contributed by atoms with Gasteiger partial charge in [-0.3, -0.25) is 4.79 Å². The molecular formula is C9H14N4OS. The largest absolute Gasteiger partial charge is 0.317 e. The first-order chi connectivity index (χ1) is 7.25. The van der Waals surface area contributed by atoms with Crippen molar-refractivity contribution in [1.82, 2.24) is 14.7 Å². The van der Waals surface area contributed by atoms with Crippen LogP contribution in [0, 0.1) is 12.8 Å². The second-order valence-electron chi connectivity index (χ2n) is 3.66. The number of hydrogen-bond acceptors (Lipinski definition) is 5. The van der Waals surface area contributed by atoms with Crippen LogP contribution < -0.4 is 10.6 Å². The molecule has 2 heterocycles. The van der Waals surface area contributed by atoms with Gasteiger partial charge >= 0.3 is 0 Å². The Hall–Kier alpha value is -1.01. The summed E-state index contributed by atoms with van der Waals surface area (Å²) in [5.74, 6) is 0.906. The van der Waals surface area contributed by atoms with Crippen molar-refractivity contribution in [2.75, 3.05) is 18.4 Å². The molecule has 0 aromatic carbocycles. The fourth-order valence-corrected chi connectivity index (χ4v) is 2.22. The lowest BCUT2D eigenvalue weighted by molar-refractivity contribution is -0.120. The van der Waals surface area contributed by atoms with Crippen LogP contribution in [0.2, 0.25) is 0 Å². The third kappa shape index (κ3) is 2.73. The number of rotatable bonds is 2. The Kier molecular flexibility index (Phi) is 3.27. The Bertz CT molecular complexity index is 346. The summed E-state index contributed by atoms with van der Waals surface area (Å²) in [5.41, 5.74) is 0. The van der Waals surface area contributed by atoms with Crippen LogP contribution >= 0.6 is 11.5 Å². The third-order valence-corrected chi connectivity index (χ3v) is 3.19. The summed E-state index contributed by atoms with van der Waals surface area (Å²) in [6, 6.07) is 0. The molecule has 1 aliphatic heterocycles. The van der Waals surface area contributed by atoms with Crippen LogP contribution in [0.4, 0.5) is 5.13 Å². The van der Waals surface area contributed by atoms with E-state index in [1.807, 2.05) is 6.92 Å². The first-order valence-corrected chi connectivity index (χ1v) is 5.85. The number of piperidine rings is 1. The number of anilines is 1. The lowest BCUT2D eigenvalue weighted by Gasteiger charge is -2.20. The summed E-state index contributed by atoms with van der Waals surface area (Å²) in [4.78, 5) is 15.9. The molecule has 0 unspecified atom stereocenters. The predicted octanol–water partition coefficient (Wildman–Crippen LogP) is 0.785. The molecular weight excluding hydrogens is 212 g/mol. The van der Waals surface area contributed by atoms with Crippen molar-refractivity contribution < 1.29 is 4.79 Å². The monoisotopic (exact) mass is 226 g/mol. The Morgan fingerprint density at radius 2 is 2.27 bits per heavy atom. The van der Waals surface area contributed by atoms with Crippen LogP contribution in [0.1, 0.15) is 18.7 Å². The molecule has 1 aliphatic rings. The highest BCUT2D eigenvalue weighted by atomic mass is 32.1. The lowest BCUT2D eigenvalue weighted by atomic mass is 9.97. The van der Waals surface area contributed by atoms with Gasteiger partial charge in [0.25, 0.3) is 0 Å². The van der Waals surface area contributed by atoms with Gasteiger partial charge < -0.3 is 10.6 Å². The molecule has 1 saturated heterocycles. The quantitative estimate of drug-likeness (QED) is 0.782. The molecule has 0 radical (unpaired) electrons. The maximum Gasteiger partial charge on any atom is 0.229 e. The molecule has 1 aromatic rings. The predicted molar refractivity (Wildman–Crippen MR) is 58.9 cm³/mol. The first kappa shape index (κ1) is 10.5. The average Bonchev–Trinajstić information content (AvgIpc) is 2.65. The van der Waals surface area contributed by atoms with Crippen molar-refractivity contribution in [1.29, 1.82) is 0 Å². The molecule has 0 aliphatic carbocycles. The van der Waals surface area contributed by atoms with Gasteiger partial charge in [-0.25, -0.2) is 4.98 Å². The Morgan fingerprint density at radius 3 is 2.87 bits per heavy atom. The van der Waals surface area contributed by atoms with Gasteiger partial charge in [-0.2, -0.15) is 4.37 Å². The topological polar surface area (TPSA) is 66.9 Å². The summed E-state index contributed by atoms with van der Waals surface area (Å²) in [6.45, 7) is 3.66. The molecule has 0 saturated carbocycles. The molecule has 2 rings (SSSR count). The summed E-state index contributed by atoms with van der Waals surface area (Å²) < 4.78 is 4.02. The van der Waals surface area contributed by atoms with Crippen LogP contribution in [-0.4, -0.2) is 28.4 Å². The van der Waals surface area contributed by atoms with Crippen LogP contribution in [0.15, 0.2) is 0 Å². The number of amides is 1. The van der Waals surface area contributed by atoms with E-state index in [0.717, 1.165) is 25.9 Å². The maximum atomic E-state index is 11.8. The fraction of sp³-hybridized carbons (Fsp3) is 0.667. The van der Waals surface area contributed by atoms with E-state index in [1.54, 1.807) is 0 Å². The van der Waals surface area contributed by atoms with Crippen molar-refractivity contribution in [3.8, 4) is 0 Å². The van der Waals surface area contributed by atoms with Gasteiger partial charge in [0.1, 0.15) is 5.82 Å². The lowest BCUT2D eigenvalue weighted by Crippen LogP contribution is -2.34. The van der Waals surface area contributed by atoms with E-state index in [0.29, 0.717) is 11.0 Å². The minimum absolute atomic E-state index is 0.0765. The van der Waals surface area contributed by atoms with Gasteiger partial charge in [0.15, 0.2) is 0 Å². The number of aryl methyl sites for hydroxylation is 1. The average molecular weight is 226 g/mol. The van der Waals surface area contributed by atoms with Crippen LogP contribution in [0.25, 0.3) is 0 Å². The third-order valence-electron chi connectivity index (χ3n) is 2.47. The molecule has 5 nitrogen and oxygen atoms in total. The molecule has 2 N–H and O–H groups in total. The van der Waals surface area contributed by atoms with Crippen molar-refractivity contribution in [2.24, 2.45) is 5.92 Å². The molecule has 0 atom stereocenters. The zero-order valence-corrected chi connectivity index (χ0v) is 9.43. The van der Waals surface area contributed by atoms with Crippen molar-refractivity contribution in [3.63, 3.8) is 0 Å². The molecule has 1 aromatic heterocycles. The number of nitrogens with zero attached hydrogens (tertiary/aromatic N) is 2. The number of hydrogen-bond donors (Lipinski definition) is 2. The number of nitrogens with one attached hydrogen (secondary N) is 2. The van der Waals surface area contributed by atoms with Gasteiger partial charge in [-0.15, -0.1) is 0 Å². The maximum absolute atomic E-state index is 11.8. The Labute approximate surface area is 92.5 Å². The number of aromatic nitrogens is 2. The summed E-state index contributed by atoms with van der Waals surface area (Å²) >= 11 is 1.23. The normalized spacial score (nSPS) is 17.7. The van der Waals surface area contributed by atoms with E-state index < -0.39 is 0 Å². The molecule has 82 valence electrons. The molecule has 6 heteroatoms. The number of carbonyl (C=O) groups is 1. The Morgan fingerprint density at radius 1 is 1.53 bits per heavy atom. The van der Waals surface area contributed by atoms with Crippen LogP contribution in [0.5, 0.6) is 0 Å². The zero-order valence-electron chi connectivity index (χ0n) is 8.62. The van der Waals surface area contributed by atoms with E-state index in [1.165, 1.54) is 11.5 Å². The van der Waals surface area contributed by atoms with E-state index in [2.05, 4.69) is 20.0 Å². The second-order valence-corrected chi connectivity index (χ2v) is 4.41. The second kappa shape index (κ2) is 4.67. The molecule has 0 bridgehead atoms. The van der Waals surface area contributed by atoms with Crippen LogP contribution in [0.3, 0.4) is 0 Å². The highest BCUT2D eigenvalue weighted by molar-refractivity contribution is 7.09. The minimum atomic E-state index is 0.0765. The van der Waals surface area contributed by atoms with Gasteiger partial charge in [0, 0.05) is 17.5 Å². The molecule has 1 amide bonds. The van der Waals surface area contributed by atoms with Gasteiger partial charge in [-0.05, 0) is 32.9 Å². The van der Waals surface area contributed by atoms with E-state index in [9.17, 15) is 4.79 Å². The van der Waals surface area contributed by atoms with Gasteiger partial charge in [-0.1, -0.05) is 0 Å². The van der Waals surface area contributed by atoms with Crippen molar-refractivity contribution >= 4 is 22.6 Å². The van der Waals surface area contributed by atoms with Crippen LogP contribution in [-0.2, 0) is 4.79 Å². The van der Waals surface area contributed by atoms with Crippen molar-refractivity contribution in [3.05, 3.63) is 5.82 Å². The Balaban J connectivity index is 1.91. The van der Waals surface area contributed by atoms with Crippen molar-refractivity contribution in [2.45, 2.75) is 19.8 Å². The summed E-state index contributed by atoms with van der Waals surface area (Å²) in [7, 11) is 0. The fourth-order valence-electron chi connectivity index (χ4n) is 1.64. The van der Waals surface area contributed by atoms with E-state index in [-0.39, 0.29) is 11.8 Å². The van der Waals surface area contributed by atoms with E-state index in [4.69, 9.17) is 0 Å². The highest BCUT2D eigenvalue weighted by Crippen LogP contribution is 2.16. The molecule has 0 spiro atoms. The molecule has 15 heavy (non-hydrogen) atoms. The smallest absolute Gasteiger partial charge is 0.229 e. The first-order valence-electron chi connectivity index (χ1n) is 5.07. The minimum Gasteiger partial charge on any atom is -0.317 e. The standard InChI is InChI=1S/C9H14N4OS/c1-6-11-9(15-13-6)12-8(14)7-2-4-10-5-3-7/h7,10H,2-5H2,1H3,(H,11,12,13,14). The summed E-state index contributed by atoms with van der Waals surface area (Å²) in [5, 5.41) is 6.65. The van der Waals surface area contributed by atoms with Gasteiger partial charge in [0.05, 0.1) is 0 Å². The zero-order chi connectivity index (χ0) is 10.7. The highest BCUT2D eigenvalue weighted by Gasteiger charge is 2.21. The van der Waals surface area contributed by atoms with Gasteiger partial charge in [0.2, 0.25) is 11.0 Å². The van der Waals surface area contributed by atoms with E-state index >= 15 is 0 Å². The SMILES string of the molecule is Cc1nsc(NC(=O)C2CCNCC2)n1. The molecule has 1 fully saturated rings. The number of carbonyl (C=O) groups excluding carboxylic acids is 1. The summed E-state index contributed by atoms with van der Waals surface area (Å²) in [6.07, 6.45) is 1.81.